The van der Waals surface area contributed by atoms with Crippen molar-refractivity contribution in [3.05, 3.63) is 35.9 Å². The highest BCUT2D eigenvalue weighted by atomic mass is 16.6. The zero-order valence-electron chi connectivity index (χ0n) is 9.67. The normalized spacial score (nSPS) is 30.5. The van der Waals surface area contributed by atoms with Gasteiger partial charge in [0.15, 0.2) is 0 Å². The van der Waals surface area contributed by atoms with Crippen molar-refractivity contribution in [2.24, 2.45) is 5.92 Å². The Bertz CT molecular complexity index is 401. The van der Waals surface area contributed by atoms with E-state index in [1.54, 1.807) is 0 Å². The van der Waals surface area contributed by atoms with Crippen molar-refractivity contribution in [3.8, 4) is 0 Å². The van der Waals surface area contributed by atoms with Crippen molar-refractivity contribution in [2.75, 3.05) is 0 Å². The summed E-state index contributed by atoms with van der Waals surface area (Å²) in [4.78, 5) is 11.9. The number of hydrogen-bond donors (Lipinski definition) is 0. The minimum absolute atomic E-state index is 0.0439. The molecule has 1 aromatic rings. The first-order valence-corrected chi connectivity index (χ1v) is 6.19. The minimum Gasteiger partial charge on any atom is -0.461 e. The monoisotopic (exact) mass is 232 g/mol. The SMILES string of the molecule is O=C(OCc1ccccc1)C1CCC2OC2C1. The summed E-state index contributed by atoms with van der Waals surface area (Å²) in [6.07, 6.45) is 3.54. The third-order valence-corrected chi connectivity index (χ3v) is 3.56. The molecule has 1 aliphatic carbocycles. The molecule has 3 atom stereocenters. The molecule has 1 saturated carbocycles. The van der Waals surface area contributed by atoms with Gasteiger partial charge < -0.3 is 9.47 Å². The van der Waals surface area contributed by atoms with Crippen LogP contribution in [0.3, 0.4) is 0 Å². The van der Waals surface area contributed by atoms with Crippen LogP contribution in [0, 0.1) is 5.92 Å². The van der Waals surface area contributed by atoms with Crippen LogP contribution < -0.4 is 0 Å². The van der Waals surface area contributed by atoms with E-state index in [1.807, 2.05) is 30.3 Å². The number of fused-ring (bicyclic) bond motifs is 1. The van der Waals surface area contributed by atoms with E-state index in [0.29, 0.717) is 18.8 Å². The van der Waals surface area contributed by atoms with Crippen LogP contribution in [0.5, 0.6) is 0 Å². The predicted octanol–water partition coefficient (Wildman–Crippen LogP) is 2.30. The molecule has 0 amide bonds. The van der Waals surface area contributed by atoms with Gasteiger partial charge in [0.05, 0.1) is 18.1 Å². The molecule has 0 spiro atoms. The van der Waals surface area contributed by atoms with Gasteiger partial charge >= 0.3 is 5.97 Å². The largest absolute Gasteiger partial charge is 0.461 e. The molecule has 1 aromatic carbocycles. The van der Waals surface area contributed by atoms with Gasteiger partial charge in [-0.1, -0.05) is 30.3 Å². The molecule has 0 N–H and O–H groups in total. The van der Waals surface area contributed by atoms with Crippen molar-refractivity contribution in [3.63, 3.8) is 0 Å². The molecule has 17 heavy (non-hydrogen) atoms. The quantitative estimate of drug-likeness (QED) is 0.593. The molecule has 1 saturated heterocycles. The first-order valence-electron chi connectivity index (χ1n) is 6.19. The van der Waals surface area contributed by atoms with E-state index in [1.165, 1.54) is 0 Å². The van der Waals surface area contributed by atoms with Crippen LogP contribution in [0.25, 0.3) is 0 Å². The molecule has 3 rings (SSSR count). The van der Waals surface area contributed by atoms with Crippen LogP contribution in [0.2, 0.25) is 0 Å². The lowest BCUT2D eigenvalue weighted by molar-refractivity contribution is -0.150. The fraction of sp³-hybridized carbons (Fsp3) is 0.500. The summed E-state index contributed by atoms with van der Waals surface area (Å²) in [6, 6.07) is 9.79. The van der Waals surface area contributed by atoms with Crippen LogP contribution >= 0.6 is 0 Å². The second kappa shape index (κ2) is 4.49. The van der Waals surface area contributed by atoms with Crippen LogP contribution in [0.1, 0.15) is 24.8 Å². The van der Waals surface area contributed by atoms with Crippen molar-refractivity contribution < 1.29 is 14.3 Å². The van der Waals surface area contributed by atoms with Gasteiger partial charge in [-0.2, -0.15) is 0 Å². The summed E-state index contributed by atoms with van der Waals surface area (Å²) < 4.78 is 10.8. The highest BCUT2D eigenvalue weighted by Crippen LogP contribution is 2.39. The number of benzene rings is 1. The third kappa shape index (κ3) is 2.50. The Hall–Kier alpha value is -1.35. The van der Waals surface area contributed by atoms with Gasteiger partial charge in [0.25, 0.3) is 0 Å². The average molecular weight is 232 g/mol. The second-order valence-electron chi connectivity index (χ2n) is 4.82. The molecule has 3 unspecified atom stereocenters. The molecular formula is C14H16O3. The molecule has 2 aliphatic rings. The van der Waals surface area contributed by atoms with E-state index >= 15 is 0 Å². The summed E-state index contributed by atoms with van der Waals surface area (Å²) in [5, 5.41) is 0. The molecule has 1 heterocycles. The topological polar surface area (TPSA) is 38.8 Å². The van der Waals surface area contributed by atoms with Gasteiger partial charge in [-0.05, 0) is 24.8 Å². The van der Waals surface area contributed by atoms with Crippen LogP contribution in [-0.2, 0) is 20.9 Å². The average Bonchev–Trinajstić information content (AvgIpc) is 3.15. The number of carbonyl (C=O) groups is 1. The maximum absolute atomic E-state index is 11.9. The van der Waals surface area contributed by atoms with Gasteiger partial charge in [-0.25, -0.2) is 0 Å². The number of esters is 1. The highest BCUT2D eigenvalue weighted by Gasteiger charge is 2.46. The molecule has 0 bridgehead atoms. The van der Waals surface area contributed by atoms with Crippen LogP contribution in [0.15, 0.2) is 30.3 Å². The molecule has 0 aromatic heterocycles. The number of carbonyl (C=O) groups excluding carboxylic acids is 1. The molecule has 3 nitrogen and oxygen atoms in total. The number of epoxide rings is 1. The first-order chi connectivity index (χ1) is 8.33. The summed E-state index contributed by atoms with van der Waals surface area (Å²) in [6.45, 7) is 0.380. The Morgan fingerprint density at radius 2 is 2.06 bits per heavy atom. The van der Waals surface area contributed by atoms with Gasteiger partial charge in [0.1, 0.15) is 6.61 Å². The predicted molar refractivity (Wildman–Crippen MR) is 62.2 cm³/mol. The van der Waals surface area contributed by atoms with Crippen molar-refractivity contribution in [2.45, 2.75) is 38.1 Å². The van der Waals surface area contributed by atoms with Crippen LogP contribution in [0.4, 0.5) is 0 Å². The first kappa shape index (κ1) is 10.8. The van der Waals surface area contributed by atoms with E-state index in [2.05, 4.69) is 0 Å². The fourth-order valence-corrected chi connectivity index (χ4v) is 2.46. The van der Waals surface area contributed by atoms with Crippen LogP contribution in [-0.4, -0.2) is 18.2 Å². The molecule has 2 fully saturated rings. The van der Waals surface area contributed by atoms with E-state index in [4.69, 9.17) is 9.47 Å². The second-order valence-corrected chi connectivity index (χ2v) is 4.82. The summed E-state index contributed by atoms with van der Waals surface area (Å²) in [7, 11) is 0. The lowest BCUT2D eigenvalue weighted by Gasteiger charge is -2.17. The Morgan fingerprint density at radius 1 is 1.24 bits per heavy atom. The zero-order valence-corrected chi connectivity index (χ0v) is 9.67. The highest BCUT2D eigenvalue weighted by molar-refractivity contribution is 5.72. The van der Waals surface area contributed by atoms with Gasteiger partial charge in [-0.15, -0.1) is 0 Å². The molecule has 3 heteroatoms. The van der Waals surface area contributed by atoms with E-state index in [-0.39, 0.29) is 11.9 Å². The molecule has 0 radical (unpaired) electrons. The maximum Gasteiger partial charge on any atom is 0.309 e. The Morgan fingerprint density at radius 3 is 2.82 bits per heavy atom. The lowest BCUT2D eigenvalue weighted by Crippen LogP contribution is -2.23. The number of hydrogen-bond acceptors (Lipinski definition) is 3. The van der Waals surface area contributed by atoms with E-state index < -0.39 is 0 Å². The molecule has 90 valence electrons. The minimum atomic E-state index is -0.0668. The molecular weight excluding hydrogens is 216 g/mol. The third-order valence-electron chi connectivity index (χ3n) is 3.56. The molecule has 1 aliphatic heterocycles. The van der Waals surface area contributed by atoms with E-state index in [9.17, 15) is 4.79 Å². The summed E-state index contributed by atoms with van der Waals surface area (Å²) >= 11 is 0. The van der Waals surface area contributed by atoms with Crippen molar-refractivity contribution >= 4 is 5.97 Å². The maximum atomic E-state index is 11.9. The van der Waals surface area contributed by atoms with Gasteiger partial charge in [0, 0.05) is 0 Å². The van der Waals surface area contributed by atoms with Gasteiger partial charge in [-0.3, -0.25) is 4.79 Å². The van der Waals surface area contributed by atoms with Gasteiger partial charge in [0.2, 0.25) is 0 Å². The standard InChI is InChI=1S/C14H16O3/c15-14(11-6-7-12-13(8-11)17-12)16-9-10-4-2-1-3-5-10/h1-5,11-13H,6-9H2. The Labute approximate surface area is 101 Å². The lowest BCUT2D eigenvalue weighted by atomic mass is 9.89. The Kier molecular flexibility index (Phi) is 2.85. The summed E-state index contributed by atoms with van der Waals surface area (Å²) in [5.74, 6) is -0.0229. The number of ether oxygens (including phenoxy) is 2. The van der Waals surface area contributed by atoms with E-state index in [0.717, 1.165) is 24.8 Å². The smallest absolute Gasteiger partial charge is 0.309 e. The fourth-order valence-electron chi connectivity index (χ4n) is 2.46. The summed E-state index contributed by atoms with van der Waals surface area (Å²) in [5.41, 5.74) is 1.04. The number of rotatable bonds is 3. The Balaban J connectivity index is 1.50. The van der Waals surface area contributed by atoms with Crippen molar-refractivity contribution in [1.29, 1.82) is 0 Å². The zero-order chi connectivity index (χ0) is 11.7. The van der Waals surface area contributed by atoms with Crippen molar-refractivity contribution in [1.82, 2.24) is 0 Å².